The molecule has 2 aliphatic heterocycles. The van der Waals surface area contributed by atoms with E-state index in [9.17, 15) is 4.79 Å². The summed E-state index contributed by atoms with van der Waals surface area (Å²) in [6.07, 6.45) is 5.65. The Balaban J connectivity index is 1.49. The lowest BCUT2D eigenvalue weighted by Gasteiger charge is -2.29. The van der Waals surface area contributed by atoms with E-state index in [0.29, 0.717) is 24.4 Å². The van der Waals surface area contributed by atoms with Crippen molar-refractivity contribution >= 4 is 17.2 Å². The highest BCUT2D eigenvalue weighted by atomic mass is 32.1. The van der Waals surface area contributed by atoms with Crippen LogP contribution in [0.25, 0.3) is 0 Å². The Labute approximate surface area is 118 Å². The zero-order chi connectivity index (χ0) is 13.2. The predicted molar refractivity (Wildman–Crippen MR) is 78.2 cm³/mol. The van der Waals surface area contributed by atoms with E-state index in [1.54, 1.807) is 11.3 Å². The second-order valence-corrected chi connectivity index (χ2v) is 6.96. The molecule has 2 bridgehead atoms. The summed E-state index contributed by atoms with van der Waals surface area (Å²) in [4.78, 5) is 13.4. The molecule has 3 heterocycles. The third-order valence-electron chi connectivity index (χ3n) is 4.39. The number of nitrogens with one attached hydrogen (secondary N) is 2. The summed E-state index contributed by atoms with van der Waals surface area (Å²) in [5.41, 5.74) is 0. The number of hydrogen-bond donors (Lipinski definition) is 2. The Morgan fingerprint density at radius 2 is 2.21 bits per heavy atom. The summed E-state index contributed by atoms with van der Waals surface area (Å²) in [7, 11) is 0. The molecule has 3 nitrogen and oxygen atoms in total. The van der Waals surface area contributed by atoms with Gasteiger partial charge in [0.1, 0.15) is 0 Å². The van der Waals surface area contributed by atoms with Gasteiger partial charge >= 0.3 is 0 Å². The van der Waals surface area contributed by atoms with Crippen LogP contribution in [0.2, 0.25) is 0 Å². The molecule has 2 unspecified atom stereocenters. The molecule has 104 valence electrons. The van der Waals surface area contributed by atoms with Crippen molar-refractivity contribution < 1.29 is 4.79 Å². The number of hydrogen-bond acceptors (Lipinski definition) is 3. The summed E-state index contributed by atoms with van der Waals surface area (Å²) in [6.45, 7) is 2.07. The first-order valence-corrected chi connectivity index (χ1v) is 8.17. The monoisotopic (exact) mass is 278 g/mol. The summed E-state index contributed by atoms with van der Waals surface area (Å²) >= 11 is 1.71. The van der Waals surface area contributed by atoms with Crippen molar-refractivity contribution in [2.24, 2.45) is 5.92 Å². The van der Waals surface area contributed by atoms with Crippen molar-refractivity contribution in [1.29, 1.82) is 0 Å². The lowest BCUT2D eigenvalue weighted by Crippen LogP contribution is -2.39. The van der Waals surface area contributed by atoms with E-state index in [0.717, 1.165) is 0 Å². The van der Waals surface area contributed by atoms with Gasteiger partial charge in [-0.2, -0.15) is 0 Å². The Morgan fingerprint density at radius 1 is 1.47 bits per heavy atom. The molecule has 3 atom stereocenters. The molecule has 3 rings (SSSR count). The van der Waals surface area contributed by atoms with Crippen LogP contribution in [0.15, 0.2) is 17.5 Å². The average Bonchev–Trinajstić information content (AvgIpc) is 2.99. The fourth-order valence-electron chi connectivity index (χ4n) is 3.51. The zero-order valence-electron chi connectivity index (χ0n) is 11.4. The largest absolute Gasteiger partial charge is 0.349 e. The first-order valence-electron chi connectivity index (χ1n) is 7.29. The maximum absolute atomic E-state index is 12.1. The van der Waals surface area contributed by atoms with Gasteiger partial charge in [0.2, 0.25) is 5.91 Å². The number of amides is 1. The van der Waals surface area contributed by atoms with E-state index in [4.69, 9.17) is 0 Å². The molecule has 2 aliphatic rings. The molecule has 0 aliphatic carbocycles. The van der Waals surface area contributed by atoms with Gasteiger partial charge in [-0.05, 0) is 50.0 Å². The van der Waals surface area contributed by atoms with E-state index < -0.39 is 0 Å². The normalized spacial score (nSPS) is 31.1. The van der Waals surface area contributed by atoms with Gasteiger partial charge in [0.05, 0.1) is 6.04 Å². The molecule has 0 radical (unpaired) electrons. The summed E-state index contributed by atoms with van der Waals surface area (Å²) in [5, 5.41) is 8.82. The lowest BCUT2D eigenvalue weighted by molar-refractivity contribution is -0.122. The highest BCUT2D eigenvalue weighted by Crippen LogP contribution is 2.32. The molecule has 2 fully saturated rings. The van der Waals surface area contributed by atoms with Gasteiger partial charge in [0, 0.05) is 23.4 Å². The highest BCUT2D eigenvalue weighted by Gasteiger charge is 2.34. The van der Waals surface area contributed by atoms with Crippen LogP contribution in [0.5, 0.6) is 0 Å². The minimum absolute atomic E-state index is 0.144. The van der Waals surface area contributed by atoms with Crippen molar-refractivity contribution in [3.8, 4) is 0 Å². The molecule has 2 N–H and O–H groups in total. The predicted octanol–water partition coefficient (Wildman–Crippen LogP) is 2.85. The van der Waals surface area contributed by atoms with Crippen molar-refractivity contribution in [3.63, 3.8) is 0 Å². The van der Waals surface area contributed by atoms with Gasteiger partial charge in [0.15, 0.2) is 0 Å². The topological polar surface area (TPSA) is 41.1 Å². The molecule has 0 spiro atoms. The lowest BCUT2D eigenvalue weighted by atomic mass is 9.89. The summed E-state index contributed by atoms with van der Waals surface area (Å²) < 4.78 is 0. The first-order chi connectivity index (χ1) is 9.20. The number of fused-ring (bicyclic) bond motifs is 2. The van der Waals surface area contributed by atoms with Gasteiger partial charge in [-0.15, -0.1) is 11.3 Å². The van der Waals surface area contributed by atoms with Crippen LogP contribution in [0.3, 0.4) is 0 Å². The number of thiophene rings is 1. The van der Waals surface area contributed by atoms with Crippen LogP contribution in [0.4, 0.5) is 0 Å². The van der Waals surface area contributed by atoms with E-state index in [-0.39, 0.29) is 11.9 Å². The molecule has 2 saturated heterocycles. The Bertz CT molecular complexity index is 419. The second kappa shape index (κ2) is 5.63. The SMILES string of the molecule is C[C@@H](NC(=O)CC1CC2CCC(C1)N2)c1cccs1. The van der Waals surface area contributed by atoms with E-state index >= 15 is 0 Å². The number of carbonyl (C=O) groups excluding carboxylic acids is 1. The molecule has 4 heteroatoms. The van der Waals surface area contributed by atoms with Crippen molar-refractivity contribution in [3.05, 3.63) is 22.4 Å². The van der Waals surface area contributed by atoms with E-state index in [1.807, 2.05) is 6.07 Å². The van der Waals surface area contributed by atoms with Crippen molar-refractivity contribution in [1.82, 2.24) is 10.6 Å². The molecular weight excluding hydrogens is 256 g/mol. The van der Waals surface area contributed by atoms with Crippen molar-refractivity contribution in [2.75, 3.05) is 0 Å². The molecule has 19 heavy (non-hydrogen) atoms. The standard InChI is InChI=1S/C15H22N2OS/c1-10(14-3-2-6-19-14)16-15(18)9-11-7-12-4-5-13(8-11)17-12/h2-3,6,10-13,17H,4-5,7-9H2,1H3,(H,16,18)/t10-,11?,12?,13?/m1/s1. The van der Waals surface area contributed by atoms with Crippen LogP contribution in [0, 0.1) is 5.92 Å². The van der Waals surface area contributed by atoms with Gasteiger partial charge in [0.25, 0.3) is 0 Å². The first kappa shape index (κ1) is 13.1. The quantitative estimate of drug-likeness (QED) is 0.889. The fourth-order valence-corrected chi connectivity index (χ4v) is 4.25. The molecule has 1 amide bonds. The van der Waals surface area contributed by atoms with Crippen LogP contribution in [0.1, 0.15) is 49.9 Å². The minimum Gasteiger partial charge on any atom is -0.349 e. The van der Waals surface area contributed by atoms with Crippen LogP contribution >= 0.6 is 11.3 Å². The third kappa shape index (κ3) is 3.18. The van der Waals surface area contributed by atoms with Crippen LogP contribution in [-0.2, 0) is 4.79 Å². The Hall–Kier alpha value is -0.870. The minimum atomic E-state index is 0.144. The van der Waals surface area contributed by atoms with Crippen LogP contribution < -0.4 is 10.6 Å². The zero-order valence-corrected chi connectivity index (χ0v) is 12.2. The third-order valence-corrected chi connectivity index (χ3v) is 5.45. The van der Waals surface area contributed by atoms with Crippen molar-refractivity contribution in [2.45, 2.75) is 57.2 Å². The molecule has 1 aromatic heterocycles. The van der Waals surface area contributed by atoms with Gasteiger partial charge < -0.3 is 10.6 Å². The maximum Gasteiger partial charge on any atom is 0.220 e. The molecular formula is C15H22N2OS. The number of carbonyl (C=O) groups is 1. The average molecular weight is 278 g/mol. The molecule has 1 aromatic rings. The van der Waals surface area contributed by atoms with Gasteiger partial charge in [-0.25, -0.2) is 0 Å². The van der Waals surface area contributed by atoms with Gasteiger partial charge in [-0.1, -0.05) is 6.07 Å². The maximum atomic E-state index is 12.1. The number of piperidine rings is 1. The smallest absolute Gasteiger partial charge is 0.220 e. The van der Waals surface area contributed by atoms with E-state index in [2.05, 4.69) is 29.0 Å². The Morgan fingerprint density at radius 3 is 2.84 bits per heavy atom. The summed E-state index contributed by atoms with van der Waals surface area (Å²) in [5.74, 6) is 0.793. The van der Waals surface area contributed by atoms with E-state index in [1.165, 1.54) is 30.6 Å². The molecule has 0 saturated carbocycles. The Kier molecular flexibility index (Phi) is 3.89. The highest BCUT2D eigenvalue weighted by molar-refractivity contribution is 7.10. The molecule has 0 aromatic carbocycles. The van der Waals surface area contributed by atoms with Crippen LogP contribution in [-0.4, -0.2) is 18.0 Å². The number of rotatable bonds is 4. The van der Waals surface area contributed by atoms with Gasteiger partial charge in [-0.3, -0.25) is 4.79 Å². The second-order valence-electron chi connectivity index (χ2n) is 5.98. The summed E-state index contributed by atoms with van der Waals surface area (Å²) in [6, 6.07) is 5.61. The fraction of sp³-hybridized carbons (Fsp3) is 0.667.